The molecule has 2 rings (SSSR count). The van der Waals surface area contributed by atoms with Gasteiger partial charge in [-0.2, -0.15) is 0 Å². The topological polar surface area (TPSA) is 54.9 Å². The first-order valence-corrected chi connectivity index (χ1v) is 6.10. The summed E-state index contributed by atoms with van der Waals surface area (Å²) in [5.41, 5.74) is 1.88. The van der Waals surface area contributed by atoms with Crippen molar-refractivity contribution >= 4 is 12.0 Å². The first kappa shape index (κ1) is 13.0. The Kier molecular flexibility index (Phi) is 4.81. The minimum Gasteiger partial charge on any atom is -0.352 e. The molecule has 2 aromatic heterocycles. The van der Waals surface area contributed by atoms with E-state index in [1.54, 1.807) is 24.7 Å². The maximum atomic E-state index is 11.6. The van der Waals surface area contributed by atoms with E-state index in [1.165, 1.54) is 6.08 Å². The molecule has 0 aliphatic rings. The molecule has 0 fully saturated rings. The van der Waals surface area contributed by atoms with Crippen molar-refractivity contribution in [3.63, 3.8) is 0 Å². The van der Waals surface area contributed by atoms with Gasteiger partial charge in [0, 0.05) is 43.3 Å². The van der Waals surface area contributed by atoms with Gasteiger partial charge in [-0.15, -0.1) is 0 Å². The van der Waals surface area contributed by atoms with Crippen molar-refractivity contribution < 1.29 is 4.79 Å². The van der Waals surface area contributed by atoms with Crippen LogP contribution in [0.25, 0.3) is 6.08 Å². The SMILES string of the molecule is O=C(C=Cc1cccnc1)NCCc1ccccn1. The number of carbonyl (C=O) groups is 1. The molecule has 4 nitrogen and oxygen atoms in total. The number of pyridine rings is 2. The third kappa shape index (κ3) is 4.71. The molecule has 1 amide bonds. The summed E-state index contributed by atoms with van der Waals surface area (Å²) in [5, 5.41) is 2.82. The standard InChI is InChI=1S/C15H15N3O/c19-15(7-6-13-4-3-9-16-12-13)18-11-8-14-5-1-2-10-17-14/h1-7,9-10,12H,8,11H2,(H,18,19). The van der Waals surface area contributed by atoms with E-state index in [2.05, 4.69) is 15.3 Å². The van der Waals surface area contributed by atoms with Gasteiger partial charge in [0.25, 0.3) is 0 Å². The van der Waals surface area contributed by atoms with Gasteiger partial charge in [0.2, 0.25) is 5.91 Å². The predicted molar refractivity (Wildman–Crippen MR) is 74.2 cm³/mol. The highest BCUT2D eigenvalue weighted by Gasteiger charge is 1.96. The highest BCUT2D eigenvalue weighted by molar-refractivity contribution is 5.91. The molecule has 0 bridgehead atoms. The van der Waals surface area contributed by atoms with Crippen LogP contribution in [-0.2, 0) is 11.2 Å². The molecular weight excluding hydrogens is 238 g/mol. The fourth-order valence-corrected chi connectivity index (χ4v) is 1.57. The van der Waals surface area contributed by atoms with E-state index in [4.69, 9.17) is 0 Å². The number of amides is 1. The molecule has 2 aromatic rings. The summed E-state index contributed by atoms with van der Waals surface area (Å²) >= 11 is 0. The molecule has 0 saturated carbocycles. The second-order valence-corrected chi connectivity index (χ2v) is 3.98. The van der Waals surface area contributed by atoms with Gasteiger partial charge >= 0.3 is 0 Å². The molecule has 0 aliphatic carbocycles. The maximum Gasteiger partial charge on any atom is 0.244 e. The molecular formula is C15H15N3O. The zero-order valence-corrected chi connectivity index (χ0v) is 10.5. The molecule has 0 spiro atoms. The molecule has 0 saturated heterocycles. The van der Waals surface area contributed by atoms with Crippen molar-refractivity contribution in [3.05, 3.63) is 66.3 Å². The largest absolute Gasteiger partial charge is 0.352 e. The van der Waals surface area contributed by atoms with Crippen LogP contribution in [0, 0.1) is 0 Å². The molecule has 0 aliphatic heterocycles. The van der Waals surface area contributed by atoms with Crippen LogP contribution in [0.5, 0.6) is 0 Å². The Morgan fingerprint density at radius 3 is 2.89 bits per heavy atom. The molecule has 2 heterocycles. The number of hydrogen-bond donors (Lipinski definition) is 1. The van der Waals surface area contributed by atoms with E-state index >= 15 is 0 Å². The number of rotatable bonds is 5. The summed E-state index contributed by atoms with van der Waals surface area (Å²) in [7, 11) is 0. The lowest BCUT2D eigenvalue weighted by Crippen LogP contribution is -2.23. The number of aromatic nitrogens is 2. The van der Waals surface area contributed by atoms with Crippen LogP contribution in [0.3, 0.4) is 0 Å². The lowest BCUT2D eigenvalue weighted by Gasteiger charge is -2.01. The monoisotopic (exact) mass is 253 g/mol. The quantitative estimate of drug-likeness (QED) is 0.827. The molecule has 1 N–H and O–H groups in total. The number of hydrogen-bond acceptors (Lipinski definition) is 3. The third-order valence-electron chi connectivity index (χ3n) is 2.52. The normalized spacial score (nSPS) is 10.5. The highest BCUT2D eigenvalue weighted by atomic mass is 16.1. The van der Waals surface area contributed by atoms with E-state index in [9.17, 15) is 4.79 Å². The Morgan fingerprint density at radius 1 is 1.21 bits per heavy atom. The van der Waals surface area contributed by atoms with Crippen LogP contribution in [0.1, 0.15) is 11.3 Å². The average Bonchev–Trinajstić information content (AvgIpc) is 2.47. The van der Waals surface area contributed by atoms with E-state index in [0.29, 0.717) is 6.54 Å². The van der Waals surface area contributed by atoms with Crippen molar-refractivity contribution in [2.75, 3.05) is 6.54 Å². The van der Waals surface area contributed by atoms with Gasteiger partial charge in [-0.1, -0.05) is 12.1 Å². The number of carbonyl (C=O) groups excluding carboxylic acids is 1. The molecule has 4 heteroatoms. The van der Waals surface area contributed by atoms with Gasteiger partial charge in [-0.05, 0) is 29.8 Å². The third-order valence-corrected chi connectivity index (χ3v) is 2.52. The number of nitrogens with one attached hydrogen (secondary N) is 1. The van der Waals surface area contributed by atoms with Crippen molar-refractivity contribution in [1.82, 2.24) is 15.3 Å². The Morgan fingerprint density at radius 2 is 2.16 bits per heavy atom. The molecule has 0 atom stereocenters. The summed E-state index contributed by atoms with van der Waals surface area (Å²) in [5.74, 6) is -0.111. The predicted octanol–water partition coefficient (Wildman–Crippen LogP) is 1.85. The highest BCUT2D eigenvalue weighted by Crippen LogP contribution is 1.98. The van der Waals surface area contributed by atoms with Gasteiger partial charge in [-0.25, -0.2) is 0 Å². The molecule has 96 valence electrons. The van der Waals surface area contributed by atoms with E-state index in [0.717, 1.165) is 17.7 Å². The second kappa shape index (κ2) is 7.06. The smallest absolute Gasteiger partial charge is 0.244 e. The first-order chi connectivity index (χ1) is 9.34. The van der Waals surface area contributed by atoms with E-state index in [-0.39, 0.29) is 5.91 Å². The summed E-state index contributed by atoms with van der Waals surface area (Å²) in [6.45, 7) is 0.577. The van der Waals surface area contributed by atoms with Crippen LogP contribution in [0.15, 0.2) is 55.0 Å². The summed E-state index contributed by atoms with van der Waals surface area (Å²) in [6.07, 6.45) is 9.13. The average molecular weight is 253 g/mol. The first-order valence-electron chi connectivity index (χ1n) is 6.10. The fourth-order valence-electron chi connectivity index (χ4n) is 1.57. The minimum absolute atomic E-state index is 0.111. The zero-order valence-electron chi connectivity index (χ0n) is 10.5. The van der Waals surface area contributed by atoms with Gasteiger partial charge < -0.3 is 5.32 Å². The van der Waals surface area contributed by atoms with E-state index < -0.39 is 0 Å². The van der Waals surface area contributed by atoms with E-state index in [1.807, 2.05) is 30.3 Å². The molecule has 0 unspecified atom stereocenters. The van der Waals surface area contributed by atoms with Crippen LogP contribution >= 0.6 is 0 Å². The van der Waals surface area contributed by atoms with Crippen LogP contribution < -0.4 is 5.32 Å². The summed E-state index contributed by atoms with van der Waals surface area (Å²) < 4.78 is 0. The van der Waals surface area contributed by atoms with Crippen LogP contribution in [0.4, 0.5) is 0 Å². The van der Waals surface area contributed by atoms with Crippen LogP contribution in [0.2, 0.25) is 0 Å². The molecule has 0 aromatic carbocycles. The lowest BCUT2D eigenvalue weighted by atomic mass is 10.2. The van der Waals surface area contributed by atoms with Crippen molar-refractivity contribution in [3.8, 4) is 0 Å². The fraction of sp³-hybridized carbons (Fsp3) is 0.133. The summed E-state index contributed by atoms with van der Waals surface area (Å²) in [4.78, 5) is 19.7. The Hall–Kier alpha value is -2.49. The molecule has 19 heavy (non-hydrogen) atoms. The maximum absolute atomic E-state index is 11.6. The minimum atomic E-state index is -0.111. The van der Waals surface area contributed by atoms with Crippen LogP contribution in [-0.4, -0.2) is 22.4 Å². The Labute approximate surface area is 112 Å². The van der Waals surface area contributed by atoms with Gasteiger partial charge in [0.15, 0.2) is 0 Å². The van der Waals surface area contributed by atoms with Crippen molar-refractivity contribution in [2.45, 2.75) is 6.42 Å². The van der Waals surface area contributed by atoms with Crippen molar-refractivity contribution in [1.29, 1.82) is 0 Å². The van der Waals surface area contributed by atoms with Crippen molar-refractivity contribution in [2.24, 2.45) is 0 Å². The van der Waals surface area contributed by atoms with Gasteiger partial charge in [0.1, 0.15) is 0 Å². The molecule has 0 radical (unpaired) electrons. The zero-order chi connectivity index (χ0) is 13.3. The Bertz CT molecular complexity index is 538. The van der Waals surface area contributed by atoms with Gasteiger partial charge in [0.05, 0.1) is 0 Å². The second-order valence-electron chi connectivity index (χ2n) is 3.98. The summed E-state index contributed by atoms with van der Waals surface area (Å²) in [6, 6.07) is 9.48. The lowest BCUT2D eigenvalue weighted by molar-refractivity contribution is -0.116. The number of nitrogens with zero attached hydrogens (tertiary/aromatic N) is 2. The Balaban J connectivity index is 1.75. The van der Waals surface area contributed by atoms with Gasteiger partial charge in [-0.3, -0.25) is 14.8 Å².